The van der Waals surface area contributed by atoms with Crippen molar-refractivity contribution in [3.8, 4) is 0 Å². The van der Waals surface area contributed by atoms with E-state index in [0.29, 0.717) is 36.0 Å². The van der Waals surface area contributed by atoms with Crippen LogP contribution in [-0.2, 0) is 13.2 Å². The third kappa shape index (κ3) is 5.18. The molecule has 0 radical (unpaired) electrons. The summed E-state index contributed by atoms with van der Waals surface area (Å²) in [5.41, 5.74) is 3.19. The number of hydrogen-bond acceptors (Lipinski definition) is 6. The Kier molecular flexibility index (Phi) is 6.57. The normalized spacial score (nSPS) is 14.6. The van der Waals surface area contributed by atoms with E-state index in [9.17, 15) is 18.0 Å². The smallest absolute Gasteiger partial charge is 0.369 e. The number of nitrogens with one attached hydrogen (secondary N) is 3. The topological polar surface area (TPSA) is 94.1 Å². The van der Waals surface area contributed by atoms with Gasteiger partial charge in [-0.3, -0.25) is 9.48 Å². The number of aromatic amines is 1. The molecule has 0 bridgehead atoms. The summed E-state index contributed by atoms with van der Waals surface area (Å²) < 4.78 is 43.1. The van der Waals surface area contributed by atoms with Crippen molar-refractivity contribution in [1.29, 1.82) is 0 Å². The van der Waals surface area contributed by atoms with E-state index in [1.54, 1.807) is 23.0 Å². The van der Waals surface area contributed by atoms with Crippen molar-refractivity contribution in [2.45, 2.75) is 13.1 Å². The summed E-state index contributed by atoms with van der Waals surface area (Å²) in [6.07, 6.45) is -1.01. The molecule has 0 spiro atoms. The van der Waals surface area contributed by atoms with Gasteiger partial charge in [-0.25, -0.2) is 4.98 Å². The molecule has 1 fully saturated rings. The number of aromatic nitrogens is 4. The van der Waals surface area contributed by atoms with Crippen LogP contribution in [-0.4, -0.2) is 63.8 Å². The van der Waals surface area contributed by atoms with Gasteiger partial charge in [0.2, 0.25) is 0 Å². The van der Waals surface area contributed by atoms with E-state index >= 15 is 0 Å². The van der Waals surface area contributed by atoms with Crippen molar-refractivity contribution >= 4 is 50.7 Å². The second kappa shape index (κ2) is 10.1. The predicted octanol–water partition coefficient (Wildman–Crippen LogP) is 5.52. The van der Waals surface area contributed by atoms with Gasteiger partial charge in [-0.05, 0) is 55.9 Å². The highest BCUT2D eigenvalue weighted by Gasteiger charge is 2.32. The first-order valence-electron chi connectivity index (χ1n) is 13.2. The molecule has 2 aromatic carbocycles. The maximum Gasteiger partial charge on any atom is 0.416 e. The minimum absolute atomic E-state index is 0.0545. The summed E-state index contributed by atoms with van der Waals surface area (Å²) in [7, 11) is 3.83. The first-order valence-corrected chi connectivity index (χ1v) is 13.2. The van der Waals surface area contributed by atoms with Gasteiger partial charge in [0.1, 0.15) is 5.65 Å². The van der Waals surface area contributed by atoms with Gasteiger partial charge in [-0.2, -0.15) is 18.3 Å². The van der Waals surface area contributed by atoms with Gasteiger partial charge < -0.3 is 25.4 Å². The number of likely N-dealkylation sites (N-methyl/N-ethyl adjacent to an activating group) is 1. The Balaban J connectivity index is 1.28. The highest BCUT2D eigenvalue weighted by Crippen LogP contribution is 2.34. The largest absolute Gasteiger partial charge is 0.416 e. The molecule has 1 aliphatic rings. The van der Waals surface area contributed by atoms with Crippen molar-refractivity contribution in [3.05, 3.63) is 71.5 Å². The molecule has 1 amide bonds. The van der Waals surface area contributed by atoms with E-state index in [-0.39, 0.29) is 5.56 Å². The number of alkyl halides is 3. The van der Waals surface area contributed by atoms with Crippen molar-refractivity contribution in [2.24, 2.45) is 7.05 Å². The number of aryl methyl sites for hydroxylation is 2. The summed E-state index contributed by atoms with van der Waals surface area (Å²) in [5.74, 6) is -0.0250. The number of rotatable bonds is 5. The zero-order valence-corrected chi connectivity index (χ0v) is 22.8. The Morgan fingerprint density at radius 3 is 2.54 bits per heavy atom. The van der Waals surface area contributed by atoms with Crippen LogP contribution in [0, 0.1) is 6.92 Å². The number of fused-ring (bicyclic) bond motifs is 3. The van der Waals surface area contributed by atoms with E-state index < -0.39 is 17.6 Å². The van der Waals surface area contributed by atoms with Gasteiger partial charge in [-0.1, -0.05) is 6.07 Å². The molecule has 1 aliphatic heterocycles. The van der Waals surface area contributed by atoms with Gasteiger partial charge in [-0.15, -0.1) is 0 Å². The highest BCUT2D eigenvalue weighted by molar-refractivity contribution is 6.07. The van der Waals surface area contributed by atoms with Crippen LogP contribution in [0.4, 0.5) is 36.1 Å². The lowest BCUT2D eigenvalue weighted by atomic mass is 10.1. The summed E-state index contributed by atoms with van der Waals surface area (Å²) in [6.45, 7) is 4.54. The fourth-order valence-corrected chi connectivity index (χ4v) is 5.18. The standard InChI is InChI=1S/C29H29F3N8O/c1-17-4-5-20(15-24(17)36-27-23-16-34-26-22(6-7-33-26)25(23)39(3)37-27)35-28(41)18-12-19(29(30,31)32)14-21(13-18)40-10-8-38(2)9-11-40/h4-7,12-16H,8-11H2,1-3H3,(H,33,34)(H,35,41)(H,36,37). The fourth-order valence-electron chi connectivity index (χ4n) is 5.18. The van der Waals surface area contributed by atoms with Crippen LogP contribution >= 0.6 is 0 Å². The fraction of sp³-hybridized carbons (Fsp3) is 0.276. The molecule has 0 saturated carbocycles. The lowest BCUT2D eigenvalue weighted by molar-refractivity contribution is -0.137. The van der Waals surface area contributed by atoms with Gasteiger partial charge in [0, 0.05) is 73.6 Å². The number of nitrogens with zero attached hydrogens (tertiary/aromatic N) is 5. The molecule has 12 heteroatoms. The van der Waals surface area contributed by atoms with E-state index in [2.05, 4.69) is 30.6 Å². The average molecular weight is 563 g/mol. The number of benzene rings is 2. The summed E-state index contributed by atoms with van der Waals surface area (Å²) in [4.78, 5) is 24.8. The van der Waals surface area contributed by atoms with Crippen LogP contribution in [0.2, 0.25) is 0 Å². The van der Waals surface area contributed by atoms with Crippen LogP contribution in [0.25, 0.3) is 21.9 Å². The molecular formula is C29H29F3N8O. The number of amides is 1. The molecule has 3 aromatic heterocycles. The maximum atomic E-state index is 13.8. The quantitative estimate of drug-likeness (QED) is 0.261. The van der Waals surface area contributed by atoms with Crippen LogP contribution in [0.3, 0.4) is 0 Å². The van der Waals surface area contributed by atoms with Gasteiger partial charge >= 0.3 is 6.18 Å². The Labute approximate surface area is 234 Å². The number of pyridine rings is 1. The number of hydrogen-bond donors (Lipinski definition) is 3. The molecule has 0 aliphatic carbocycles. The zero-order valence-electron chi connectivity index (χ0n) is 22.8. The van der Waals surface area contributed by atoms with Crippen LogP contribution < -0.4 is 15.5 Å². The average Bonchev–Trinajstić information content (AvgIpc) is 3.54. The van der Waals surface area contributed by atoms with Gasteiger partial charge in [0.05, 0.1) is 16.5 Å². The van der Waals surface area contributed by atoms with Crippen molar-refractivity contribution in [3.63, 3.8) is 0 Å². The SMILES string of the molecule is Cc1ccc(NC(=O)c2cc(N3CCN(C)CC3)cc(C(F)(F)F)c2)cc1Nc1nn(C)c2c1cnc1[nH]ccc12. The monoisotopic (exact) mass is 562 g/mol. The third-order valence-corrected chi connectivity index (χ3v) is 7.51. The summed E-state index contributed by atoms with van der Waals surface area (Å²) >= 11 is 0. The van der Waals surface area contributed by atoms with Gasteiger partial charge in [0.25, 0.3) is 5.91 Å². The number of halogens is 3. The van der Waals surface area contributed by atoms with Crippen molar-refractivity contribution < 1.29 is 18.0 Å². The second-order valence-corrected chi connectivity index (χ2v) is 10.4. The Morgan fingerprint density at radius 2 is 1.78 bits per heavy atom. The molecule has 212 valence electrons. The molecule has 6 rings (SSSR count). The molecule has 4 heterocycles. The molecule has 1 saturated heterocycles. The van der Waals surface area contributed by atoms with Crippen molar-refractivity contribution in [1.82, 2.24) is 24.6 Å². The minimum Gasteiger partial charge on any atom is -0.369 e. The lowest BCUT2D eigenvalue weighted by Gasteiger charge is -2.34. The molecule has 9 nitrogen and oxygen atoms in total. The Bertz CT molecular complexity index is 1770. The third-order valence-electron chi connectivity index (χ3n) is 7.51. The van der Waals surface area contributed by atoms with E-state index in [1.165, 1.54) is 6.07 Å². The number of anilines is 4. The molecule has 41 heavy (non-hydrogen) atoms. The van der Waals surface area contributed by atoms with Crippen LogP contribution in [0.1, 0.15) is 21.5 Å². The first kappa shape index (κ1) is 26.6. The first-order chi connectivity index (χ1) is 19.6. The highest BCUT2D eigenvalue weighted by atomic mass is 19.4. The number of carbonyl (C=O) groups is 1. The Hall–Kier alpha value is -4.58. The molecule has 0 atom stereocenters. The van der Waals surface area contributed by atoms with E-state index in [0.717, 1.165) is 52.7 Å². The predicted molar refractivity (Wildman–Crippen MR) is 154 cm³/mol. The second-order valence-electron chi connectivity index (χ2n) is 10.4. The molecule has 0 unspecified atom stereocenters. The lowest BCUT2D eigenvalue weighted by Crippen LogP contribution is -2.44. The maximum absolute atomic E-state index is 13.8. The van der Waals surface area contributed by atoms with E-state index in [1.807, 2.05) is 44.2 Å². The number of piperazine rings is 1. The summed E-state index contributed by atoms with van der Waals surface area (Å²) in [5, 5.41) is 12.5. The van der Waals surface area contributed by atoms with Crippen LogP contribution in [0.5, 0.6) is 0 Å². The molecule has 3 N–H and O–H groups in total. The minimum atomic E-state index is -4.58. The van der Waals surface area contributed by atoms with E-state index in [4.69, 9.17) is 0 Å². The van der Waals surface area contributed by atoms with Gasteiger partial charge in [0.15, 0.2) is 5.82 Å². The Morgan fingerprint density at radius 1 is 1.00 bits per heavy atom. The summed E-state index contributed by atoms with van der Waals surface area (Å²) in [6, 6.07) is 10.8. The molecular weight excluding hydrogens is 533 g/mol. The van der Waals surface area contributed by atoms with Crippen molar-refractivity contribution in [2.75, 3.05) is 48.8 Å². The molecule has 5 aromatic rings. The van der Waals surface area contributed by atoms with Crippen LogP contribution in [0.15, 0.2) is 54.9 Å². The zero-order chi connectivity index (χ0) is 28.9. The number of carbonyl (C=O) groups excluding carboxylic acids is 1. The number of H-pyrrole nitrogens is 1.